The third kappa shape index (κ3) is 8.73. The SMILES string of the molecule is [2H]c1nc(-c2[c-]c(-c3cccc4c3nc(-c3cc(C)cc(C)c3O)n4-c3cc(C(C)(C)C)ccc3-c3ccc(C(C)(C)C)cc3)cc(C(C)(C)C)c2)c([2H])c(-c2c([2H])c([2H])c(C([2H])([2H])[2H])c([2H])c2[2H])c1[2H].[Pt]. The van der Waals surface area contributed by atoms with Crippen LogP contribution in [0, 0.1) is 26.8 Å². The average Bonchev–Trinajstić information content (AvgIpc) is 3.67. The fourth-order valence-electron chi connectivity index (χ4n) is 7.73. The van der Waals surface area contributed by atoms with E-state index in [4.69, 9.17) is 17.3 Å². The van der Waals surface area contributed by atoms with Gasteiger partial charge < -0.3 is 5.11 Å². The summed E-state index contributed by atoms with van der Waals surface area (Å²) in [4.78, 5) is 9.89. The van der Waals surface area contributed by atoms with Crippen molar-refractivity contribution in [2.45, 2.75) is 99.3 Å². The Morgan fingerprint density at radius 1 is 0.629 bits per heavy atom. The van der Waals surface area contributed by atoms with Gasteiger partial charge in [0.15, 0.2) is 0 Å². The van der Waals surface area contributed by atoms with Gasteiger partial charge in [0.25, 0.3) is 0 Å². The number of hydrogen-bond acceptors (Lipinski definition) is 3. The molecule has 0 aliphatic rings. The molecule has 62 heavy (non-hydrogen) atoms. The molecule has 0 atom stereocenters. The van der Waals surface area contributed by atoms with Gasteiger partial charge in [0.1, 0.15) is 11.6 Å². The molecule has 0 fully saturated rings. The minimum absolute atomic E-state index is 0. The van der Waals surface area contributed by atoms with Crippen molar-refractivity contribution in [1.29, 1.82) is 0 Å². The van der Waals surface area contributed by atoms with E-state index in [0.717, 1.165) is 39.0 Å². The van der Waals surface area contributed by atoms with Crippen LogP contribution >= 0.6 is 0 Å². The Morgan fingerprint density at radius 3 is 1.95 bits per heavy atom. The van der Waals surface area contributed by atoms with Gasteiger partial charge in [0.2, 0.25) is 0 Å². The van der Waals surface area contributed by atoms with Gasteiger partial charge in [-0.25, -0.2) is 4.98 Å². The number of imidazole rings is 1. The van der Waals surface area contributed by atoms with Gasteiger partial charge in [-0.1, -0.05) is 164 Å². The summed E-state index contributed by atoms with van der Waals surface area (Å²) < 4.78 is 88.1. The third-order valence-electron chi connectivity index (χ3n) is 11.3. The topological polar surface area (TPSA) is 50.9 Å². The first-order valence-corrected chi connectivity index (χ1v) is 20.7. The minimum atomic E-state index is -2.97. The number of aryl methyl sites for hydroxylation is 2. The van der Waals surface area contributed by atoms with E-state index >= 15 is 0 Å². The standard InChI is InChI=1S/C57H58N3O.Pt/c1-35-16-18-38(19-17-35)40-26-27-58-49(33-40)42-30-41(31-45(32-42)57(10,11)12)47-14-13-15-50-52(47)59-54(48-29-36(2)28-37(3)53(48)61)60(50)51-34-44(56(7,8)9)24-25-46(51)39-20-22-43(23-21-39)55(4,5)6;/h13-29,31-34,61H,1-12H3;/q-1;/i1D3,16D,17D,18D,19D,26D,27D,33D;. The number of benzene rings is 6. The molecular formula is C57H58N3OPt-. The van der Waals surface area contributed by atoms with Crippen LogP contribution in [0.4, 0.5) is 0 Å². The first-order valence-electron chi connectivity index (χ1n) is 25.7. The number of rotatable bonds is 6. The summed E-state index contributed by atoms with van der Waals surface area (Å²) in [6, 6.07) is 28.0. The Morgan fingerprint density at radius 2 is 1.29 bits per heavy atom. The molecule has 0 amide bonds. The number of phenols is 1. The first-order chi connectivity index (χ1) is 32.9. The van der Waals surface area contributed by atoms with Crippen LogP contribution in [0.1, 0.15) is 109 Å². The van der Waals surface area contributed by atoms with Gasteiger partial charge in [-0.2, -0.15) is 0 Å². The predicted octanol–water partition coefficient (Wildman–Crippen LogP) is 15.1. The maximum atomic E-state index is 11.9. The summed E-state index contributed by atoms with van der Waals surface area (Å²) in [6.07, 6.45) is -0.584. The summed E-state index contributed by atoms with van der Waals surface area (Å²) in [6.45, 7) is 20.1. The van der Waals surface area contributed by atoms with Crippen molar-refractivity contribution >= 4 is 11.0 Å². The minimum Gasteiger partial charge on any atom is -0.507 e. The molecule has 0 aliphatic carbocycles. The molecule has 5 heteroatoms. The van der Waals surface area contributed by atoms with Crippen molar-refractivity contribution in [3.63, 3.8) is 0 Å². The normalized spacial score (nSPS) is 14.6. The molecule has 0 aliphatic heterocycles. The Hall–Kier alpha value is -5.57. The van der Waals surface area contributed by atoms with E-state index in [1.807, 2.05) is 71.0 Å². The second kappa shape index (κ2) is 16.6. The van der Waals surface area contributed by atoms with Crippen LogP contribution in [0.3, 0.4) is 0 Å². The van der Waals surface area contributed by atoms with E-state index in [1.54, 1.807) is 6.07 Å². The van der Waals surface area contributed by atoms with Crippen molar-refractivity contribution < 1.29 is 39.9 Å². The second-order valence-electron chi connectivity index (χ2n) is 19.1. The van der Waals surface area contributed by atoms with Gasteiger partial charge in [-0.3, -0.25) is 9.55 Å². The van der Waals surface area contributed by atoms with Crippen LogP contribution in [0.5, 0.6) is 5.75 Å². The van der Waals surface area contributed by atoms with Gasteiger partial charge >= 0.3 is 0 Å². The van der Waals surface area contributed by atoms with Gasteiger partial charge in [0.05, 0.1) is 31.9 Å². The van der Waals surface area contributed by atoms with Crippen molar-refractivity contribution in [2.24, 2.45) is 0 Å². The van der Waals surface area contributed by atoms with Gasteiger partial charge in [-0.05, 0) is 100 Å². The Bertz CT molecular complexity index is 3440. The zero-order valence-electron chi connectivity index (χ0n) is 47.2. The second-order valence-corrected chi connectivity index (χ2v) is 19.1. The van der Waals surface area contributed by atoms with E-state index in [-0.39, 0.29) is 54.5 Å². The Labute approximate surface area is 397 Å². The molecule has 0 bridgehead atoms. The fourth-order valence-corrected chi connectivity index (χ4v) is 7.73. The number of hydrogen-bond donors (Lipinski definition) is 1. The van der Waals surface area contributed by atoms with Crippen LogP contribution in [-0.4, -0.2) is 19.6 Å². The molecule has 0 radical (unpaired) electrons. The maximum absolute atomic E-state index is 11.9. The number of para-hydroxylation sites is 1. The van der Waals surface area contributed by atoms with Crippen molar-refractivity contribution in [1.82, 2.24) is 14.5 Å². The Kier molecular flexibility index (Phi) is 8.85. The first kappa shape index (κ1) is 33.0. The monoisotopic (exact) mass is 1010 g/mol. The molecule has 0 saturated heterocycles. The van der Waals surface area contributed by atoms with Gasteiger partial charge in [0, 0.05) is 42.6 Å². The number of phenolic OH excluding ortho intramolecular Hbond substituents is 1. The molecule has 2 aromatic heterocycles. The van der Waals surface area contributed by atoms with Crippen LogP contribution in [0.15, 0.2) is 127 Å². The molecule has 0 unspecified atom stereocenters. The van der Waals surface area contributed by atoms with E-state index in [0.29, 0.717) is 33.6 Å². The molecule has 1 N–H and O–H groups in total. The van der Waals surface area contributed by atoms with Crippen LogP contribution in [-0.2, 0) is 37.3 Å². The van der Waals surface area contributed by atoms with Crippen molar-refractivity contribution in [3.8, 4) is 67.5 Å². The quantitative estimate of drug-likeness (QED) is 0.169. The smallest absolute Gasteiger partial charge is 0.148 e. The molecule has 4 nitrogen and oxygen atoms in total. The number of aromatic nitrogens is 3. The van der Waals surface area contributed by atoms with Gasteiger partial charge in [-0.15, -0.1) is 29.3 Å². The van der Waals surface area contributed by atoms with E-state index in [2.05, 4.69) is 99.6 Å². The molecule has 6 aromatic carbocycles. The number of nitrogens with zero attached hydrogens (tertiary/aromatic N) is 3. The largest absolute Gasteiger partial charge is 0.507 e. The summed E-state index contributed by atoms with van der Waals surface area (Å²) in [5.74, 6) is 0.612. The molecule has 8 rings (SSSR count). The van der Waals surface area contributed by atoms with Crippen LogP contribution in [0.25, 0.3) is 72.7 Å². The fraction of sp³-hybridized carbons (Fsp3) is 0.263. The molecule has 0 spiro atoms. The molecule has 0 saturated carbocycles. The maximum Gasteiger partial charge on any atom is 0.148 e. The van der Waals surface area contributed by atoms with E-state index < -0.39 is 65.8 Å². The Balaban J connectivity index is 0.00000760. The zero-order chi connectivity index (χ0) is 52.2. The van der Waals surface area contributed by atoms with Crippen molar-refractivity contribution in [3.05, 3.63) is 167 Å². The molecular weight excluding hydrogens is 938 g/mol. The summed E-state index contributed by atoms with van der Waals surface area (Å²) in [7, 11) is 0. The van der Waals surface area contributed by atoms with Crippen LogP contribution in [0.2, 0.25) is 0 Å². The van der Waals surface area contributed by atoms with E-state index in [9.17, 15) is 6.48 Å². The third-order valence-corrected chi connectivity index (χ3v) is 11.3. The summed E-state index contributed by atoms with van der Waals surface area (Å²) >= 11 is 0. The van der Waals surface area contributed by atoms with Crippen molar-refractivity contribution in [2.75, 3.05) is 0 Å². The summed E-state index contributed by atoms with van der Waals surface area (Å²) in [5.41, 5.74) is 8.44. The predicted molar refractivity (Wildman–Crippen MR) is 257 cm³/mol. The summed E-state index contributed by atoms with van der Waals surface area (Å²) in [5, 5.41) is 11.9. The zero-order valence-corrected chi connectivity index (χ0v) is 39.5. The number of aromatic hydroxyl groups is 1. The number of fused-ring (bicyclic) bond motifs is 1. The molecule has 2 heterocycles. The molecule has 8 aromatic rings. The van der Waals surface area contributed by atoms with Crippen LogP contribution < -0.4 is 0 Å². The molecule has 318 valence electrons. The van der Waals surface area contributed by atoms with E-state index in [1.165, 1.54) is 5.56 Å². The number of pyridine rings is 1. The average molecular weight is 1010 g/mol.